The fraction of sp³-hybridized carbons (Fsp3) is 0.188. The lowest BCUT2D eigenvalue weighted by Crippen LogP contribution is -2.47. The number of hydrogen-bond donors (Lipinski definition) is 2. The summed E-state index contributed by atoms with van der Waals surface area (Å²) in [6.07, 6.45) is 0.339. The number of carbonyl (C=O) groups is 1. The highest BCUT2D eigenvalue weighted by atomic mass is 35.5. The fourth-order valence-corrected chi connectivity index (χ4v) is 2.80. The molecule has 1 heterocycles. The Kier molecular flexibility index (Phi) is 3.47. The molecule has 0 amide bonds. The molecule has 1 aliphatic heterocycles. The molecule has 0 saturated heterocycles. The first-order valence-electron chi connectivity index (χ1n) is 6.61. The highest BCUT2D eigenvalue weighted by Gasteiger charge is 2.44. The van der Waals surface area contributed by atoms with E-state index in [-0.39, 0.29) is 0 Å². The van der Waals surface area contributed by atoms with Crippen LogP contribution < -0.4 is 10.1 Å². The molecule has 2 N–H and O–H groups in total. The predicted molar refractivity (Wildman–Crippen MR) is 80.9 cm³/mol. The zero-order valence-electron chi connectivity index (χ0n) is 11.2. The highest BCUT2D eigenvalue weighted by Crippen LogP contribution is 2.39. The van der Waals surface area contributed by atoms with E-state index in [1.165, 1.54) is 0 Å². The van der Waals surface area contributed by atoms with Crippen LogP contribution in [0, 0.1) is 0 Å². The van der Waals surface area contributed by atoms with Crippen LogP contribution in [0.25, 0.3) is 0 Å². The SMILES string of the molecule is O=C(O)C1(Nc2cccc(Cl)c2)CCOc2ccccc21. The molecule has 1 aliphatic rings. The number of ether oxygens (including phenoxy) is 1. The van der Waals surface area contributed by atoms with Crippen LogP contribution >= 0.6 is 11.6 Å². The molecule has 2 aromatic carbocycles. The Balaban J connectivity index is 2.08. The third-order valence-electron chi connectivity index (χ3n) is 3.63. The minimum absolute atomic E-state index is 0.339. The number of hydrogen-bond acceptors (Lipinski definition) is 3. The molecule has 0 spiro atoms. The predicted octanol–water partition coefficient (Wildman–Crippen LogP) is 3.51. The number of nitrogens with one attached hydrogen (secondary N) is 1. The summed E-state index contributed by atoms with van der Waals surface area (Å²) < 4.78 is 5.56. The average Bonchev–Trinajstić information content (AvgIpc) is 2.47. The van der Waals surface area contributed by atoms with Gasteiger partial charge < -0.3 is 15.2 Å². The summed E-state index contributed by atoms with van der Waals surface area (Å²) in [4.78, 5) is 12.0. The van der Waals surface area contributed by atoms with Crippen LogP contribution in [0.4, 0.5) is 5.69 Å². The number of anilines is 1. The summed E-state index contributed by atoms with van der Waals surface area (Å²) in [5, 5.41) is 13.5. The summed E-state index contributed by atoms with van der Waals surface area (Å²) in [5.41, 5.74) is 0.0878. The van der Waals surface area contributed by atoms with Crippen molar-refractivity contribution in [3.8, 4) is 5.75 Å². The monoisotopic (exact) mass is 303 g/mol. The van der Waals surface area contributed by atoms with Crippen LogP contribution in [0.2, 0.25) is 5.02 Å². The Hall–Kier alpha value is -2.20. The molecule has 5 heteroatoms. The molecule has 0 bridgehead atoms. The van der Waals surface area contributed by atoms with Gasteiger partial charge in [0.25, 0.3) is 0 Å². The Bertz CT molecular complexity index is 689. The lowest BCUT2D eigenvalue weighted by molar-refractivity contribution is -0.143. The third-order valence-corrected chi connectivity index (χ3v) is 3.86. The Morgan fingerprint density at radius 3 is 2.81 bits per heavy atom. The standard InChI is InChI=1S/C16H14ClNO3/c17-11-4-3-5-12(10-11)18-16(15(19)20)8-9-21-14-7-2-1-6-13(14)16/h1-7,10,18H,8-9H2,(H,19,20). The van der Waals surface area contributed by atoms with Gasteiger partial charge in [-0.1, -0.05) is 35.9 Å². The van der Waals surface area contributed by atoms with Gasteiger partial charge in [-0.25, -0.2) is 4.79 Å². The van der Waals surface area contributed by atoms with Crippen molar-refractivity contribution in [2.45, 2.75) is 12.0 Å². The maximum Gasteiger partial charge on any atom is 0.334 e. The molecule has 21 heavy (non-hydrogen) atoms. The van der Waals surface area contributed by atoms with Crippen molar-refractivity contribution in [2.24, 2.45) is 0 Å². The van der Waals surface area contributed by atoms with E-state index < -0.39 is 11.5 Å². The first-order valence-corrected chi connectivity index (χ1v) is 6.99. The zero-order chi connectivity index (χ0) is 14.9. The number of benzene rings is 2. The Labute approximate surface area is 127 Å². The molecular weight excluding hydrogens is 290 g/mol. The summed E-state index contributed by atoms with van der Waals surface area (Å²) in [6, 6.07) is 14.2. The number of para-hydroxylation sites is 1. The molecule has 4 nitrogen and oxygen atoms in total. The van der Waals surface area contributed by atoms with Gasteiger partial charge in [0.15, 0.2) is 5.54 Å². The molecule has 0 fully saturated rings. The van der Waals surface area contributed by atoms with Gasteiger partial charge in [-0.05, 0) is 24.3 Å². The molecule has 2 aromatic rings. The van der Waals surface area contributed by atoms with Crippen LogP contribution in [-0.2, 0) is 10.3 Å². The quantitative estimate of drug-likeness (QED) is 0.911. The van der Waals surface area contributed by atoms with Gasteiger partial charge in [-0.3, -0.25) is 0 Å². The lowest BCUT2D eigenvalue weighted by atomic mass is 9.84. The molecule has 1 unspecified atom stereocenters. The molecule has 0 aliphatic carbocycles. The minimum Gasteiger partial charge on any atom is -0.493 e. The van der Waals surface area contributed by atoms with E-state index in [1.807, 2.05) is 12.1 Å². The maximum atomic E-state index is 12.0. The molecule has 108 valence electrons. The first-order chi connectivity index (χ1) is 10.1. The molecule has 3 rings (SSSR count). The van der Waals surface area contributed by atoms with Gasteiger partial charge in [-0.15, -0.1) is 0 Å². The third kappa shape index (κ3) is 2.43. The van der Waals surface area contributed by atoms with Crippen molar-refractivity contribution < 1.29 is 14.6 Å². The second-order valence-corrected chi connectivity index (χ2v) is 5.38. The molecular formula is C16H14ClNO3. The van der Waals surface area contributed by atoms with E-state index >= 15 is 0 Å². The number of carboxylic acid groups (broad SMARTS) is 1. The number of rotatable bonds is 3. The van der Waals surface area contributed by atoms with Gasteiger partial charge in [0.1, 0.15) is 5.75 Å². The fourth-order valence-electron chi connectivity index (χ4n) is 2.61. The second kappa shape index (κ2) is 5.30. The Morgan fingerprint density at radius 1 is 1.24 bits per heavy atom. The highest BCUT2D eigenvalue weighted by molar-refractivity contribution is 6.30. The smallest absolute Gasteiger partial charge is 0.334 e. The van der Waals surface area contributed by atoms with Crippen molar-refractivity contribution in [2.75, 3.05) is 11.9 Å². The van der Waals surface area contributed by atoms with Crippen LogP contribution in [0.5, 0.6) is 5.75 Å². The van der Waals surface area contributed by atoms with Crippen LogP contribution in [0.1, 0.15) is 12.0 Å². The molecule has 0 saturated carbocycles. The van der Waals surface area contributed by atoms with Crippen LogP contribution in [0.15, 0.2) is 48.5 Å². The van der Waals surface area contributed by atoms with E-state index in [2.05, 4.69) is 5.32 Å². The molecule has 0 radical (unpaired) electrons. The van der Waals surface area contributed by atoms with Gasteiger partial charge in [0, 0.05) is 22.7 Å². The van der Waals surface area contributed by atoms with Crippen molar-refractivity contribution in [1.82, 2.24) is 0 Å². The van der Waals surface area contributed by atoms with E-state index in [4.69, 9.17) is 16.3 Å². The number of aliphatic carboxylic acids is 1. The summed E-state index contributed by atoms with van der Waals surface area (Å²) in [6.45, 7) is 0.344. The normalized spacial score (nSPS) is 20.2. The van der Waals surface area contributed by atoms with Gasteiger partial charge in [-0.2, -0.15) is 0 Å². The van der Waals surface area contributed by atoms with Crippen LogP contribution in [0.3, 0.4) is 0 Å². The zero-order valence-corrected chi connectivity index (χ0v) is 11.9. The van der Waals surface area contributed by atoms with Crippen molar-refractivity contribution >= 4 is 23.3 Å². The van der Waals surface area contributed by atoms with E-state index in [1.54, 1.807) is 36.4 Å². The van der Waals surface area contributed by atoms with Crippen molar-refractivity contribution in [1.29, 1.82) is 0 Å². The lowest BCUT2D eigenvalue weighted by Gasteiger charge is -2.36. The number of carboxylic acids is 1. The van der Waals surface area contributed by atoms with E-state index in [0.717, 1.165) is 0 Å². The Morgan fingerprint density at radius 2 is 2.05 bits per heavy atom. The summed E-state index contributed by atoms with van der Waals surface area (Å²) in [7, 11) is 0. The van der Waals surface area contributed by atoms with Gasteiger partial charge in [0.05, 0.1) is 6.61 Å². The topological polar surface area (TPSA) is 58.6 Å². The average molecular weight is 304 g/mol. The van der Waals surface area contributed by atoms with E-state index in [0.29, 0.717) is 35.1 Å². The minimum atomic E-state index is -1.21. The number of fused-ring (bicyclic) bond motifs is 1. The maximum absolute atomic E-state index is 12.0. The number of halogens is 1. The van der Waals surface area contributed by atoms with Crippen molar-refractivity contribution in [3.05, 3.63) is 59.1 Å². The summed E-state index contributed by atoms with van der Waals surface area (Å²) >= 11 is 5.98. The summed E-state index contributed by atoms with van der Waals surface area (Å²) in [5.74, 6) is -0.334. The van der Waals surface area contributed by atoms with Gasteiger partial charge in [0.2, 0.25) is 0 Å². The van der Waals surface area contributed by atoms with Crippen LogP contribution in [-0.4, -0.2) is 17.7 Å². The molecule has 0 aromatic heterocycles. The van der Waals surface area contributed by atoms with Gasteiger partial charge >= 0.3 is 5.97 Å². The first kappa shape index (κ1) is 13.8. The molecule has 1 atom stereocenters. The van der Waals surface area contributed by atoms with Crippen molar-refractivity contribution in [3.63, 3.8) is 0 Å². The van der Waals surface area contributed by atoms with E-state index in [9.17, 15) is 9.90 Å². The second-order valence-electron chi connectivity index (χ2n) is 4.94. The largest absolute Gasteiger partial charge is 0.493 e.